The van der Waals surface area contributed by atoms with E-state index in [0.29, 0.717) is 23.6 Å². The summed E-state index contributed by atoms with van der Waals surface area (Å²) in [6.07, 6.45) is 2.04. The molecule has 0 saturated carbocycles. The third-order valence-electron chi connectivity index (χ3n) is 3.45. The molecule has 0 saturated heterocycles. The van der Waals surface area contributed by atoms with Gasteiger partial charge in [-0.15, -0.1) is 0 Å². The molecule has 0 aliphatic rings. The van der Waals surface area contributed by atoms with Crippen molar-refractivity contribution >= 4 is 17.5 Å². The Morgan fingerprint density at radius 2 is 1.68 bits per heavy atom. The fourth-order valence-corrected chi connectivity index (χ4v) is 2.02. The Labute approximate surface area is 146 Å². The van der Waals surface area contributed by atoms with Gasteiger partial charge in [-0.25, -0.2) is 4.39 Å². The van der Waals surface area contributed by atoms with E-state index in [1.54, 1.807) is 36.4 Å². The molecule has 0 fully saturated rings. The first-order valence-electron chi connectivity index (χ1n) is 8.15. The SMILES string of the molecule is CCCCOc1ccc(NC(=O)C(=O)NCc2ccc(F)cc2)cc1. The minimum Gasteiger partial charge on any atom is -0.494 e. The Morgan fingerprint density at radius 1 is 1.00 bits per heavy atom. The predicted octanol–water partition coefficient (Wildman–Crippen LogP) is 3.26. The molecule has 5 nitrogen and oxygen atoms in total. The number of rotatable bonds is 7. The van der Waals surface area contributed by atoms with Gasteiger partial charge in [0.25, 0.3) is 0 Å². The zero-order chi connectivity index (χ0) is 18.1. The van der Waals surface area contributed by atoms with E-state index >= 15 is 0 Å². The number of hydrogen-bond donors (Lipinski definition) is 2. The van der Waals surface area contributed by atoms with Crippen molar-refractivity contribution in [1.82, 2.24) is 5.32 Å². The molecule has 2 aromatic carbocycles. The van der Waals surface area contributed by atoms with Crippen LogP contribution >= 0.6 is 0 Å². The molecule has 2 aromatic rings. The van der Waals surface area contributed by atoms with Gasteiger partial charge in [-0.1, -0.05) is 25.5 Å². The molecule has 132 valence electrons. The first kappa shape index (κ1) is 18.4. The second kappa shape index (κ2) is 9.42. The van der Waals surface area contributed by atoms with Gasteiger partial charge in [0.2, 0.25) is 0 Å². The molecule has 2 rings (SSSR count). The van der Waals surface area contributed by atoms with Crippen LogP contribution in [0.5, 0.6) is 5.75 Å². The van der Waals surface area contributed by atoms with E-state index in [9.17, 15) is 14.0 Å². The van der Waals surface area contributed by atoms with Gasteiger partial charge in [0.15, 0.2) is 0 Å². The third kappa shape index (κ3) is 6.25. The van der Waals surface area contributed by atoms with E-state index in [-0.39, 0.29) is 12.4 Å². The number of carbonyl (C=O) groups is 2. The molecule has 2 amide bonds. The Morgan fingerprint density at radius 3 is 2.32 bits per heavy atom. The Hall–Kier alpha value is -2.89. The van der Waals surface area contributed by atoms with Gasteiger partial charge < -0.3 is 15.4 Å². The summed E-state index contributed by atoms with van der Waals surface area (Å²) in [7, 11) is 0. The highest BCUT2D eigenvalue weighted by molar-refractivity contribution is 6.39. The number of nitrogens with one attached hydrogen (secondary N) is 2. The van der Waals surface area contributed by atoms with Gasteiger partial charge in [0.05, 0.1) is 6.61 Å². The number of carbonyl (C=O) groups excluding carboxylic acids is 2. The molecule has 2 N–H and O–H groups in total. The standard InChI is InChI=1S/C19H21FN2O3/c1-2-3-12-25-17-10-8-16(9-11-17)22-19(24)18(23)21-13-14-4-6-15(20)7-5-14/h4-11H,2-3,12-13H2,1H3,(H,21,23)(H,22,24). The smallest absolute Gasteiger partial charge is 0.313 e. The first-order valence-corrected chi connectivity index (χ1v) is 8.15. The maximum absolute atomic E-state index is 12.8. The molecule has 25 heavy (non-hydrogen) atoms. The number of anilines is 1. The molecule has 0 atom stereocenters. The van der Waals surface area contributed by atoms with Crippen molar-refractivity contribution in [3.8, 4) is 5.75 Å². The summed E-state index contributed by atoms with van der Waals surface area (Å²) in [5.74, 6) is -1.16. The molecular formula is C19H21FN2O3. The second-order valence-corrected chi connectivity index (χ2v) is 5.49. The lowest BCUT2D eigenvalue weighted by atomic mass is 10.2. The highest BCUT2D eigenvalue weighted by Gasteiger charge is 2.13. The minimum atomic E-state index is -0.762. The van der Waals surface area contributed by atoms with Crippen LogP contribution in [0.4, 0.5) is 10.1 Å². The fourth-order valence-electron chi connectivity index (χ4n) is 2.02. The molecule has 0 heterocycles. The van der Waals surface area contributed by atoms with Crippen molar-refractivity contribution in [3.05, 3.63) is 59.9 Å². The van der Waals surface area contributed by atoms with Crippen molar-refractivity contribution in [1.29, 1.82) is 0 Å². The molecule has 0 unspecified atom stereocenters. The molecule has 0 bridgehead atoms. The molecular weight excluding hydrogens is 323 g/mol. The number of amides is 2. The van der Waals surface area contributed by atoms with Crippen LogP contribution in [-0.4, -0.2) is 18.4 Å². The summed E-state index contributed by atoms with van der Waals surface area (Å²) in [6.45, 7) is 2.88. The third-order valence-corrected chi connectivity index (χ3v) is 3.45. The van der Waals surface area contributed by atoms with Crippen LogP contribution in [0.15, 0.2) is 48.5 Å². The van der Waals surface area contributed by atoms with Crippen LogP contribution in [0.2, 0.25) is 0 Å². The summed E-state index contributed by atoms with van der Waals surface area (Å²) < 4.78 is 18.3. The summed E-state index contributed by atoms with van der Waals surface area (Å²) >= 11 is 0. The molecule has 0 aliphatic heterocycles. The zero-order valence-electron chi connectivity index (χ0n) is 14.0. The normalized spacial score (nSPS) is 10.2. The molecule has 0 aliphatic carbocycles. The number of ether oxygens (including phenoxy) is 1. The van der Waals surface area contributed by atoms with E-state index in [2.05, 4.69) is 17.6 Å². The number of benzene rings is 2. The van der Waals surface area contributed by atoms with Crippen LogP contribution in [0.25, 0.3) is 0 Å². The molecule has 0 spiro atoms. The van der Waals surface area contributed by atoms with E-state index in [1.807, 2.05) is 0 Å². The van der Waals surface area contributed by atoms with Gasteiger partial charge in [0, 0.05) is 12.2 Å². The summed E-state index contributed by atoms with van der Waals surface area (Å²) in [6, 6.07) is 12.5. The maximum Gasteiger partial charge on any atom is 0.313 e. The molecule has 6 heteroatoms. The predicted molar refractivity (Wildman–Crippen MR) is 93.7 cm³/mol. The van der Waals surface area contributed by atoms with Crippen molar-refractivity contribution in [3.63, 3.8) is 0 Å². The Kier molecular flexibility index (Phi) is 6.95. The highest BCUT2D eigenvalue weighted by atomic mass is 19.1. The number of unbranched alkanes of at least 4 members (excludes halogenated alkanes) is 1. The fraction of sp³-hybridized carbons (Fsp3) is 0.263. The highest BCUT2D eigenvalue weighted by Crippen LogP contribution is 2.16. The molecule has 0 aromatic heterocycles. The average Bonchev–Trinajstić information content (AvgIpc) is 2.62. The van der Waals surface area contributed by atoms with Crippen LogP contribution < -0.4 is 15.4 Å². The van der Waals surface area contributed by atoms with Gasteiger partial charge in [0.1, 0.15) is 11.6 Å². The van der Waals surface area contributed by atoms with E-state index < -0.39 is 11.8 Å². The first-order chi connectivity index (χ1) is 12.1. The van der Waals surface area contributed by atoms with Crippen LogP contribution in [-0.2, 0) is 16.1 Å². The summed E-state index contributed by atoms with van der Waals surface area (Å²) in [5, 5.41) is 5.00. The monoisotopic (exact) mass is 344 g/mol. The van der Waals surface area contributed by atoms with Crippen LogP contribution in [0.1, 0.15) is 25.3 Å². The number of hydrogen-bond acceptors (Lipinski definition) is 3. The lowest BCUT2D eigenvalue weighted by Gasteiger charge is -2.08. The summed E-state index contributed by atoms with van der Waals surface area (Å²) in [5.41, 5.74) is 1.21. The number of halogens is 1. The lowest BCUT2D eigenvalue weighted by Crippen LogP contribution is -2.34. The van der Waals surface area contributed by atoms with Gasteiger partial charge >= 0.3 is 11.8 Å². The van der Waals surface area contributed by atoms with Crippen molar-refractivity contribution < 1.29 is 18.7 Å². The van der Waals surface area contributed by atoms with Crippen molar-refractivity contribution in [2.24, 2.45) is 0 Å². The van der Waals surface area contributed by atoms with E-state index in [0.717, 1.165) is 12.8 Å². The van der Waals surface area contributed by atoms with Gasteiger partial charge in [-0.3, -0.25) is 9.59 Å². The largest absolute Gasteiger partial charge is 0.494 e. The van der Waals surface area contributed by atoms with Crippen LogP contribution in [0.3, 0.4) is 0 Å². The second-order valence-electron chi connectivity index (χ2n) is 5.49. The quantitative estimate of drug-likeness (QED) is 0.598. The maximum atomic E-state index is 12.8. The minimum absolute atomic E-state index is 0.150. The molecule has 0 radical (unpaired) electrons. The van der Waals surface area contributed by atoms with E-state index in [1.165, 1.54) is 12.1 Å². The summed E-state index contributed by atoms with van der Waals surface area (Å²) in [4.78, 5) is 23.7. The van der Waals surface area contributed by atoms with E-state index in [4.69, 9.17) is 4.74 Å². The van der Waals surface area contributed by atoms with Crippen LogP contribution in [0, 0.1) is 5.82 Å². The topological polar surface area (TPSA) is 67.4 Å². The van der Waals surface area contributed by atoms with Gasteiger partial charge in [-0.05, 0) is 48.4 Å². The lowest BCUT2D eigenvalue weighted by molar-refractivity contribution is -0.136. The average molecular weight is 344 g/mol. The Bertz CT molecular complexity index is 700. The van der Waals surface area contributed by atoms with Crippen molar-refractivity contribution in [2.45, 2.75) is 26.3 Å². The van der Waals surface area contributed by atoms with Gasteiger partial charge in [-0.2, -0.15) is 0 Å². The zero-order valence-corrected chi connectivity index (χ0v) is 14.0. The van der Waals surface area contributed by atoms with Crippen molar-refractivity contribution in [2.75, 3.05) is 11.9 Å². The Balaban J connectivity index is 1.80.